The summed E-state index contributed by atoms with van der Waals surface area (Å²) in [4.78, 5) is 9.71. The summed E-state index contributed by atoms with van der Waals surface area (Å²) in [5, 5.41) is 2.68. The van der Waals surface area contributed by atoms with Crippen LogP contribution < -0.4 is 0 Å². The van der Waals surface area contributed by atoms with Gasteiger partial charge in [-0.1, -0.05) is 30.3 Å². The summed E-state index contributed by atoms with van der Waals surface area (Å²) in [5.41, 5.74) is 6.91. The van der Waals surface area contributed by atoms with Crippen molar-refractivity contribution >= 4 is 32.8 Å². The SMILES string of the molecule is c1ccc2nc3c(cc4c5c(cccc53)CCC4)nc2c1. The standard InChI is InChI=1S/C19H14N2/c1-2-10-16-15(9-1)20-17-11-13-7-3-5-12-6-4-8-14(18(12)13)19(17)21-16/h1-2,4,6,8-11H,3,5,7H2. The minimum Gasteiger partial charge on any atom is -0.244 e. The molecule has 0 bridgehead atoms. The minimum absolute atomic E-state index is 0.974. The van der Waals surface area contributed by atoms with Crippen molar-refractivity contribution in [2.24, 2.45) is 0 Å². The number of nitrogens with zero attached hydrogens (tertiary/aromatic N) is 2. The van der Waals surface area contributed by atoms with E-state index in [0.29, 0.717) is 0 Å². The van der Waals surface area contributed by atoms with Gasteiger partial charge in [-0.15, -0.1) is 0 Å². The summed E-state index contributed by atoms with van der Waals surface area (Å²) >= 11 is 0. The molecule has 2 nitrogen and oxygen atoms in total. The first-order valence-electron chi connectivity index (χ1n) is 7.50. The lowest BCUT2D eigenvalue weighted by atomic mass is 9.88. The van der Waals surface area contributed by atoms with Crippen LogP contribution in [0.3, 0.4) is 0 Å². The molecule has 0 unspecified atom stereocenters. The second kappa shape index (κ2) is 4.01. The first kappa shape index (κ1) is 11.2. The zero-order valence-corrected chi connectivity index (χ0v) is 11.6. The molecule has 0 N–H and O–H groups in total. The lowest BCUT2D eigenvalue weighted by Crippen LogP contribution is -2.02. The molecule has 0 fully saturated rings. The van der Waals surface area contributed by atoms with Gasteiger partial charge in [0, 0.05) is 5.39 Å². The Hall–Kier alpha value is -2.48. The molecule has 3 aromatic carbocycles. The highest BCUT2D eigenvalue weighted by molar-refractivity contribution is 6.08. The molecular weight excluding hydrogens is 256 g/mol. The Morgan fingerprint density at radius 2 is 1.52 bits per heavy atom. The highest BCUT2D eigenvalue weighted by Gasteiger charge is 2.16. The molecule has 1 aliphatic rings. The van der Waals surface area contributed by atoms with Crippen molar-refractivity contribution in [1.29, 1.82) is 0 Å². The van der Waals surface area contributed by atoms with Gasteiger partial charge in [-0.25, -0.2) is 9.97 Å². The fourth-order valence-corrected chi connectivity index (χ4v) is 3.60. The van der Waals surface area contributed by atoms with Crippen LogP contribution in [0.5, 0.6) is 0 Å². The number of hydrogen-bond donors (Lipinski definition) is 0. The van der Waals surface area contributed by atoms with Gasteiger partial charge in [0.25, 0.3) is 0 Å². The Morgan fingerprint density at radius 3 is 2.43 bits per heavy atom. The van der Waals surface area contributed by atoms with Gasteiger partial charge in [0.05, 0.1) is 22.1 Å². The van der Waals surface area contributed by atoms with Gasteiger partial charge in [-0.3, -0.25) is 0 Å². The molecule has 1 heterocycles. The van der Waals surface area contributed by atoms with E-state index < -0.39 is 0 Å². The Morgan fingerprint density at radius 1 is 0.714 bits per heavy atom. The first-order valence-corrected chi connectivity index (χ1v) is 7.50. The maximum atomic E-state index is 4.88. The van der Waals surface area contributed by atoms with Crippen molar-refractivity contribution in [3.63, 3.8) is 0 Å². The number of fused-ring (bicyclic) bond motifs is 3. The summed E-state index contributed by atoms with van der Waals surface area (Å²) in [6.07, 6.45) is 3.56. The van der Waals surface area contributed by atoms with Crippen LogP contribution in [0.2, 0.25) is 0 Å². The molecule has 4 aromatic rings. The maximum absolute atomic E-state index is 4.88. The quantitative estimate of drug-likeness (QED) is 0.349. The monoisotopic (exact) mass is 270 g/mol. The van der Waals surface area contributed by atoms with Crippen molar-refractivity contribution in [1.82, 2.24) is 9.97 Å². The Kier molecular flexibility index (Phi) is 2.14. The Labute approximate surface area is 122 Å². The van der Waals surface area contributed by atoms with Crippen molar-refractivity contribution in [3.8, 4) is 0 Å². The maximum Gasteiger partial charge on any atom is 0.0973 e. The van der Waals surface area contributed by atoms with Crippen LogP contribution >= 0.6 is 0 Å². The largest absolute Gasteiger partial charge is 0.244 e. The second-order valence-corrected chi connectivity index (χ2v) is 5.81. The van der Waals surface area contributed by atoms with E-state index in [-0.39, 0.29) is 0 Å². The molecule has 0 spiro atoms. The number of benzene rings is 3. The predicted octanol–water partition coefficient (Wildman–Crippen LogP) is 4.42. The number of rotatable bonds is 0. The minimum atomic E-state index is 0.974. The zero-order chi connectivity index (χ0) is 13.8. The number of aromatic nitrogens is 2. The van der Waals surface area contributed by atoms with Crippen LogP contribution in [-0.4, -0.2) is 9.97 Å². The molecule has 0 atom stereocenters. The first-order chi connectivity index (χ1) is 10.4. The van der Waals surface area contributed by atoms with E-state index in [9.17, 15) is 0 Å². The van der Waals surface area contributed by atoms with Crippen molar-refractivity contribution in [3.05, 3.63) is 59.7 Å². The molecule has 0 radical (unpaired) electrons. The molecule has 100 valence electrons. The summed E-state index contributed by atoms with van der Waals surface area (Å²) in [6.45, 7) is 0. The molecule has 21 heavy (non-hydrogen) atoms. The number of para-hydroxylation sites is 2. The third-order valence-electron chi connectivity index (χ3n) is 4.53. The summed E-state index contributed by atoms with van der Waals surface area (Å²) in [5.74, 6) is 0. The van der Waals surface area contributed by atoms with Gasteiger partial charge >= 0.3 is 0 Å². The molecule has 5 rings (SSSR count). The van der Waals surface area contributed by atoms with Crippen LogP contribution in [0.25, 0.3) is 32.8 Å². The van der Waals surface area contributed by atoms with Crippen molar-refractivity contribution in [2.45, 2.75) is 19.3 Å². The van der Waals surface area contributed by atoms with E-state index in [1.165, 1.54) is 34.7 Å². The molecule has 1 aliphatic carbocycles. The summed E-state index contributed by atoms with van der Waals surface area (Å²) < 4.78 is 0. The van der Waals surface area contributed by atoms with Crippen LogP contribution in [0.4, 0.5) is 0 Å². The van der Waals surface area contributed by atoms with E-state index in [0.717, 1.165) is 28.5 Å². The molecule has 1 aromatic heterocycles. The van der Waals surface area contributed by atoms with E-state index in [2.05, 4.69) is 24.3 Å². The van der Waals surface area contributed by atoms with Gasteiger partial charge in [0.15, 0.2) is 0 Å². The zero-order valence-electron chi connectivity index (χ0n) is 11.6. The molecule has 0 aliphatic heterocycles. The van der Waals surface area contributed by atoms with Gasteiger partial charge in [0.2, 0.25) is 0 Å². The van der Waals surface area contributed by atoms with E-state index in [1.807, 2.05) is 24.3 Å². The van der Waals surface area contributed by atoms with E-state index >= 15 is 0 Å². The lowest BCUT2D eigenvalue weighted by molar-refractivity contribution is 0.809. The van der Waals surface area contributed by atoms with Gasteiger partial charge in [-0.2, -0.15) is 0 Å². The fraction of sp³-hybridized carbons (Fsp3) is 0.158. The van der Waals surface area contributed by atoms with E-state index in [1.54, 1.807) is 0 Å². The van der Waals surface area contributed by atoms with Crippen LogP contribution in [0.15, 0.2) is 48.5 Å². The van der Waals surface area contributed by atoms with Crippen LogP contribution in [0.1, 0.15) is 17.5 Å². The third-order valence-corrected chi connectivity index (χ3v) is 4.53. The van der Waals surface area contributed by atoms with Crippen molar-refractivity contribution in [2.75, 3.05) is 0 Å². The second-order valence-electron chi connectivity index (χ2n) is 5.81. The fourth-order valence-electron chi connectivity index (χ4n) is 3.60. The third kappa shape index (κ3) is 1.53. The molecule has 2 heteroatoms. The number of hydrogen-bond acceptors (Lipinski definition) is 2. The normalized spacial score (nSPS) is 14.1. The Balaban J connectivity index is 2.04. The van der Waals surface area contributed by atoms with Crippen LogP contribution in [0, 0.1) is 0 Å². The number of aryl methyl sites for hydroxylation is 2. The Bertz CT molecular complexity index is 1020. The predicted molar refractivity (Wildman–Crippen MR) is 86.6 cm³/mol. The van der Waals surface area contributed by atoms with Gasteiger partial charge in [0.1, 0.15) is 0 Å². The lowest BCUT2D eigenvalue weighted by Gasteiger charge is -2.18. The summed E-state index contributed by atoms with van der Waals surface area (Å²) in [7, 11) is 0. The average molecular weight is 270 g/mol. The molecule has 0 saturated heterocycles. The molecule has 0 amide bonds. The summed E-state index contributed by atoms with van der Waals surface area (Å²) in [6, 6.07) is 17.0. The van der Waals surface area contributed by atoms with Gasteiger partial charge < -0.3 is 0 Å². The van der Waals surface area contributed by atoms with E-state index in [4.69, 9.17) is 9.97 Å². The highest BCUT2D eigenvalue weighted by atomic mass is 14.8. The topological polar surface area (TPSA) is 25.8 Å². The van der Waals surface area contributed by atoms with Crippen LogP contribution in [-0.2, 0) is 12.8 Å². The smallest absolute Gasteiger partial charge is 0.0973 e. The molecule has 0 saturated carbocycles. The van der Waals surface area contributed by atoms with Gasteiger partial charge in [-0.05, 0) is 54.0 Å². The average Bonchev–Trinajstić information content (AvgIpc) is 2.54. The molecular formula is C19H14N2. The highest BCUT2D eigenvalue weighted by Crippen LogP contribution is 2.34. The van der Waals surface area contributed by atoms with Crippen molar-refractivity contribution < 1.29 is 0 Å².